The molecule has 0 spiro atoms. The van der Waals surface area contributed by atoms with E-state index in [2.05, 4.69) is 20.8 Å². The van der Waals surface area contributed by atoms with Gasteiger partial charge in [0.05, 0.1) is 5.71 Å². The van der Waals surface area contributed by atoms with Gasteiger partial charge in [-0.05, 0) is 31.9 Å². The summed E-state index contributed by atoms with van der Waals surface area (Å²) in [5.74, 6) is 1.68. The Morgan fingerprint density at radius 1 is 1.24 bits per heavy atom. The lowest BCUT2D eigenvalue weighted by Gasteiger charge is -2.08. The SMILES string of the molecule is Cc1nnc2n1-c1sc(CCCO)cc1C(c1ccccc1Cl)=NC2. The van der Waals surface area contributed by atoms with Crippen molar-refractivity contribution in [1.29, 1.82) is 0 Å². The third-order valence-corrected chi connectivity index (χ3v) is 5.71. The van der Waals surface area contributed by atoms with Gasteiger partial charge in [0.1, 0.15) is 17.4 Å². The Balaban J connectivity index is 1.91. The average molecular weight is 373 g/mol. The van der Waals surface area contributed by atoms with Crippen LogP contribution < -0.4 is 0 Å². The average Bonchev–Trinajstić information content (AvgIpc) is 3.14. The van der Waals surface area contributed by atoms with Crippen LogP contribution in [0.25, 0.3) is 5.00 Å². The number of thiophene rings is 1. The molecule has 5 nitrogen and oxygen atoms in total. The lowest BCUT2D eigenvalue weighted by molar-refractivity contribution is 0.289. The van der Waals surface area contributed by atoms with Gasteiger partial charge in [0.15, 0.2) is 5.82 Å². The molecule has 0 bridgehead atoms. The molecule has 1 aliphatic rings. The van der Waals surface area contributed by atoms with Gasteiger partial charge in [-0.3, -0.25) is 9.56 Å². The van der Waals surface area contributed by atoms with Gasteiger partial charge in [0, 0.05) is 27.6 Å². The standard InChI is InChI=1S/C18H17ClN4OS/c1-11-21-22-16-10-20-17(13-6-2-3-7-15(13)19)14-9-12(5-4-8-24)25-18(14)23(11)16/h2-3,6-7,9,24H,4-5,8,10H2,1H3. The highest BCUT2D eigenvalue weighted by Gasteiger charge is 2.25. The summed E-state index contributed by atoms with van der Waals surface area (Å²) in [6, 6.07) is 9.93. The Hall–Kier alpha value is -2.02. The molecular weight excluding hydrogens is 356 g/mol. The van der Waals surface area contributed by atoms with Crippen LogP contribution in [0, 0.1) is 6.92 Å². The summed E-state index contributed by atoms with van der Waals surface area (Å²) < 4.78 is 2.08. The molecule has 25 heavy (non-hydrogen) atoms. The van der Waals surface area contributed by atoms with Crippen molar-refractivity contribution in [1.82, 2.24) is 14.8 Å². The van der Waals surface area contributed by atoms with Crippen LogP contribution in [0.15, 0.2) is 35.3 Å². The second-order valence-electron chi connectivity index (χ2n) is 5.90. The first-order valence-electron chi connectivity index (χ1n) is 8.13. The van der Waals surface area contributed by atoms with Crippen LogP contribution in [-0.2, 0) is 13.0 Å². The quantitative estimate of drug-likeness (QED) is 0.761. The minimum Gasteiger partial charge on any atom is -0.396 e. The van der Waals surface area contributed by atoms with Gasteiger partial charge in [-0.15, -0.1) is 21.5 Å². The molecule has 1 N–H and O–H groups in total. The first-order valence-corrected chi connectivity index (χ1v) is 9.33. The monoisotopic (exact) mass is 372 g/mol. The number of aliphatic hydroxyl groups is 1. The van der Waals surface area contributed by atoms with Crippen molar-refractivity contribution < 1.29 is 5.11 Å². The fraction of sp³-hybridized carbons (Fsp3) is 0.278. The maximum Gasteiger partial charge on any atom is 0.160 e. The number of halogens is 1. The fourth-order valence-corrected chi connectivity index (χ4v) is 4.53. The molecule has 2 aromatic heterocycles. The van der Waals surface area contributed by atoms with E-state index in [4.69, 9.17) is 21.7 Å². The molecule has 1 aromatic carbocycles. The molecule has 128 valence electrons. The van der Waals surface area contributed by atoms with E-state index in [1.165, 1.54) is 4.88 Å². The predicted molar refractivity (Wildman–Crippen MR) is 100 cm³/mol. The van der Waals surface area contributed by atoms with Crippen molar-refractivity contribution in [2.75, 3.05) is 6.61 Å². The number of hydrogen-bond donors (Lipinski definition) is 1. The molecule has 0 amide bonds. The lowest BCUT2D eigenvalue weighted by atomic mass is 10.0. The Morgan fingerprint density at radius 3 is 2.88 bits per heavy atom. The van der Waals surface area contributed by atoms with Crippen LogP contribution in [0.3, 0.4) is 0 Å². The van der Waals surface area contributed by atoms with Gasteiger partial charge in [0.2, 0.25) is 0 Å². The molecular formula is C18H17ClN4OS. The third-order valence-electron chi connectivity index (χ3n) is 4.20. The molecule has 0 aliphatic carbocycles. The van der Waals surface area contributed by atoms with Crippen molar-refractivity contribution in [2.45, 2.75) is 26.3 Å². The molecule has 0 saturated carbocycles. The largest absolute Gasteiger partial charge is 0.396 e. The second-order valence-corrected chi connectivity index (χ2v) is 7.42. The normalized spacial score (nSPS) is 13.2. The van der Waals surface area contributed by atoms with Crippen LogP contribution in [0.2, 0.25) is 5.02 Å². The number of nitrogens with zero attached hydrogens (tertiary/aromatic N) is 4. The highest BCUT2D eigenvalue weighted by molar-refractivity contribution is 7.15. The summed E-state index contributed by atoms with van der Waals surface area (Å²) in [7, 11) is 0. The molecule has 0 fully saturated rings. The number of aliphatic hydroxyl groups excluding tert-OH is 1. The molecule has 1 aliphatic heterocycles. The maximum absolute atomic E-state index is 9.15. The Bertz CT molecular complexity index is 960. The summed E-state index contributed by atoms with van der Waals surface area (Å²) in [5, 5.41) is 19.4. The molecule has 3 aromatic rings. The van der Waals surface area contributed by atoms with Crippen molar-refractivity contribution >= 4 is 28.6 Å². The Labute approximate surface area is 154 Å². The Kier molecular flexibility index (Phi) is 4.41. The molecule has 0 saturated heterocycles. The topological polar surface area (TPSA) is 63.3 Å². The molecule has 0 atom stereocenters. The number of hydrogen-bond acceptors (Lipinski definition) is 5. The molecule has 3 heterocycles. The van der Waals surface area contributed by atoms with Gasteiger partial charge in [0.25, 0.3) is 0 Å². The van der Waals surface area contributed by atoms with Crippen molar-refractivity contribution in [3.8, 4) is 5.00 Å². The third kappa shape index (κ3) is 2.90. The van der Waals surface area contributed by atoms with Gasteiger partial charge >= 0.3 is 0 Å². The smallest absolute Gasteiger partial charge is 0.160 e. The summed E-state index contributed by atoms with van der Waals surface area (Å²) in [4.78, 5) is 6.02. The lowest BCUT2D eigenvalue weighted by Crippen LogP contribution is -2.05. The van der Waals surface area contributed by atoms with E-state index in [9.17, 15) is 0 Å². The van der Waals surface area contributed by atoms with E-state index < -0.39 is 0 Å². The van der Waals surface area contributed by atoms with E-state index in [0.717, 1.165) is 46.3 Å². The number of aromatic nitrogens is 3. The second kappa shape index (κ2) is 6.71. The minimum atomic E-state index is 0.185. The number of aryl methyl sites for hydroxylation is 2. The first-order chi connectivity index (χ1) is 12.2. The number of aliphatic imine (C=N–C) groups is 1. The van der Waals surface area contributed by atoms with Crippen LogP contribution >= 0.6 is 22.9 Å². The summed E-state index contributed by atoms with van der Waals surface area (Å²) in [6.45, 7) is 2.60. The summed E-state index contributed by atoms with van der Waals surface area (Å²) in [5.41, 5.74) is 2.86. The summed E-state index contributed by atoms with van der Waals surface area (Å²) >= 11 is 8.14. The highest BCUT2D eigenvalue weighted by Crippen LogP contribution is 2.34. The first kappa shape index (κ1) is 16.4. The molecule has 0 unspecified atom stereocenters. The van der Waals surface area contributed by atoms with E-state index in [-0.39, 0.29) is 6.61 Å². The molecule has 0 radical (unpaired) electrons. The van der Waals surface area contributed by atoms with E-state index >= 15 is 0 Å². The zero-order chi connectivity index (χ0) is 17.4. The van der Waals surface area contributed by atoms with Crippen LogP contribution in [0.1, 0.15) is 34.1 Å². The van der Waals surface area contributed by atoms with Gasteiger partial charge in [-0.2, -0.15) is 0 Å². The number of fused-ring (bicyclic) bond motifs is 3. The van der Waals surface area contributed by atoms with E-state index in [1.807, 2.05) is 31.2 Å². The summed E-state index contributed by atoms with van der Waals surface area (Å²) in [6.07, 6.45) is 1.58. The minimum absolute atomic E-state index is 0.185. The highest BCUT2D eigenvalue weighted by atomic mass is 35.5. The van der Waals surface area contributed by atoms with Crippen molar-refractivity contribution in [2.24, 2.45) is 4.99 Å². The molecule has 7 heteroatoms. The zero-order valence-corrected chi connectivity index (χ0v) is 15.3. The Morgan fingerprint density at radius 2 is 2.08 bits per heavy atom. The van der Waals surface area contributed by atoms with Crippen LogP contribution in [-0.4, -0.2) is 32.2 Å². The van der Waals surface area contributed by atoms with E-state index in [0.29, 0.717) is 11.6 Å². The maximum atomic E-state index is 9.15. The zero-order valence-electron chi connectivity index (χ0n) is 13.7. The number of benzene rings is 1. The molecule has 4 rings (SSSR count). The number of rotatable bonds is 4. The van der Waals surface area contributed by atoms with Gasteiger partial charge < -0.3 is 5.11 Å². The van der Waals surface area contributed by atoms with Crippen LogP contribution in [0.5, 0.6) is 0 Å². The van der Waals surface area contributed by atoms with Crippen molar-refractivity contribution in [3.63, 3.8) is 0 Å². The predicted octanol–water partition coefficient (Wildman–Crippen LogP) is 3.57. The fourth-order valence-electron chi connectivity index (χ4n) is 3.03. The van der Waals surface area contributed by atoms with Crippen LogP contribution in [0.4, 0.5) is 0 Å². The van der Waals surface area contributed by atoms with Gasteiger partial charge in [-0.25, -0.2) is 0 Å². The van der Waals surface area contributed by atoms with Crippen molar-refractivity contribution in [3.05, 3.63) is 63.0 Å². The van der Waals surface area contributed by atoms with Gasteiger partial charge in [-0.1, -0.05) is 29.8 Å². The van der Waals surface area contributed by atoms with E-state index in [1.54, 1.807) is 11.3 Å².